The van der Waals surface area contributed by atoms with E-state index in [0.717, 1.165) is 11.6 Å². The second-order valence-electron chi connectivity index (χ2n) is 4.56. The van der Waals surface area contributed by atoms with Gasteiger partial charge in [-0.05, 0) is 42.0 Å². The third kappa shape index (κ3) is 4.47. The molecule has 6 heteroatoms. The highest BCUT2D eigenvalue weighted by Gasteiger charge is 2.06. The number of hydrogen-bond donors (Lipinski definition) is 1. The van der Waals surface area contributed by atoms with Crippen LogP contribution in [0.25, 0.3) is 6.08 Å². The molecule has 0 spiro atoms. The van der Waals surface area contributed by atoms with E-state index in [2.05, 4.69) is 5.32 Å². The molecule has 2 rings (SSSR count). The summed E-state index contributed by atoms with van der Waals surface area (Å²) in [5, 5.41) is 2.71. The minimum absolute atomic E-state index is 0.0661. The molecule has 0 aliphatic heterocycles. The first-order chi connectivity index (χ1) is 11.0. The number of nitrogens with one attached hydrogen (secondary N) is 1. The van der Waals surface area contributed by atoms with Gasteiger partial charge >= 0.3 is 0 Å². The van der Waals surface area contributed by atoms with Crippen molar-refractivity contribution in [3.8, 4) is 11.5 Å². The Morgan fingerprint density at radius 1 is 1.13 bits per heavy atom. The first-order valence-corrected chi connectivity index (χ1v) is 7.07. The molecule has 0 radical (unpaired) electrons. The van der Waals surface area contributed by atoms with Crippen molar-refractivity contribution in [2.75, 3.05) is 19.5 Å². The van der Waals surface area contributed by atoms with Crippen LogP contribution in [-0.2, 0) is 4.79 Å². The van der Waals surface area contributed by atoms with Gasteiger partial charge in [0.1, 0.15) is 5.82 Å². The van der Waals surface area contributed by atoms with E-state index < -0.39 is 11.7 Å². The summed E-state index contributed by atoms with van der Waals surface area (Å²) in [6.07, 6.45) is 2.89. The van der Waals surface area contributed by atoms with E-state index >= 15 is 0 Å². The first kappa shape index (κ1) is 16.8. The number of carbonyl (C=O) groups is 1. The molecule has 23 heavy (non-hydrogen) atoms. The molecule has 1 N–H and O–H groups in total. The molecule has 120 valence electrons. The van der Waals surface area contributed by atoms with Crippen molar-refractivity contribution in [2.45, 2.75) is 0 Å². The third-order valence-corrected chi connectivity index (χ3v) is 3.26. The molecule has 0 unspecified atom stereocenters. The van der Waals surface area contributed by atoms with Crippen molar-refractivity contribution < 1.29 is 18.7 Å². The van der Waals surface area contributed by atoms with Crippen LogP contribution in [0.15, 0.2) is 42.5 Å². The fourth-order valence-electron chi connectivity index (χ4n) is 1.89. The van der Waals surface area contributed by atoms with Gasteiger partial charge in [0.05, 0.1) is 19.9 Å². The van der Waals surface area contributed by atoms with Gasteiger partial charge in [0.25, 0.3) is 0 Å². The SMILES string of the molecule is COc1ccc(/C=C/C(=O)Nc2ccc(Cl)cc2F)cc1OC. The maximum atomic E-state index is 13.6. The Hall–Kier alpha value is -2.53. The van der Waals surface area contributed by atoms with Crippen LogP contribution in [0.2, 0.25) is 5.02 Å². The summed E-state index contributed by atoms with van der Waals surface area (Å²) in [6, 6.07) is 9.27. The molecule has 4 nitrogen and oxygen atoms in total. The lowest BCUT2D eigenvalue weighted by Crippen LogP contribution is -2.09. The number of rotatable bonds is 5. The summed E-state index contributed by atoms with van der Waals surface area (Å²) in [6.45, 7) is 0. The Bertz CT molecular complexity index is 747. The molecular weight excluding hydrogens is 321 g/mol. The number of ether oxygens (including phenoxy) is 2. The van der Waals surface area contributed by atoms with E-state index in [1.807, 2.05) is 0 Å². The number of benzene rings is 2. The van der Waals surface area contributed by atoms with Crippen molar-refractivity contribution in [3.63, 3.8) is 0 Å². The molecule has 2 aromatic carbocycles. The van der Waals surface area contributed by atoms with Crippen molar-refractivity contribution in [1.82, 2.24) is 0 Å². The van der Waals surface area contributed by atoms with Gasteiger partial charge in [-0.15, -0.1) is 0 Å². The number of anilines is 1. The lowest BCUT2D eigenvalue weighted by atomic mass is 10.2. The van der Waals surface area contributed by atoms with Crippen LogP contribution in [-0.4, -0.2) is 20.1 Å². The van der Waals surface area contributed by atoms with Gasteiger partial charge in [0, 0.05) is 11.1 Å². The van der Waals surface area contributed by atoms with Gasteiger partial charge in [0.15, 0.2) is 11.5 Å². The predicted molar refractivity (Wildman–Crippen MR) is 88.6 cm³/mol. The fourth-order valence-corrected chi connectivity index (χ4v) is 2.05. The Morgan fingerprint density at radius 3 is 2.52 bits per heavy atom. The average Bonchev–Trinajstić information content (AvgIpc) is 2.55. The second kappa shape index (κ2) is 7.65. The molecule has 0 aliphatic carbocycles. The predicted octanol–water partition coefficient (Wildman–Crippen LogP) is 4.15. The summed E-state index contributed by atoms with van der Waals surface area (Å²) in [7, 11) is 3.07. The highest BCUT2D eigenvalue weighted by atomic mass is 35.5. The molecule has 0 heterocycles. The van der Waals surface area contributed by atoms with Crippen LogP contribution in [0.3, 0.4) is 0 Å². The lowest BCUT2D eigenvalue weighted by molar-refractivity contribution is -0.111. The Balaban J connectivity index is 2.09. The zero-order valence-electron chi connectivity index (χ0n) is 12.6. The minimum Gasteiger partial charge on any atom is -0.493 e. The summed E-state index contributed by atoms with van der Waals surface area (Å²) in [5.41, 5.74) is 0.811. The summed E-state index contributed by atoms with van der Waals surface area (Å²) < 4.78 is 23.9. The average molecular weight is 336 g/mol. The van der Waals surface area contributed by atoms with Crippen LogP contribution in [0.4, 0.5) is 10.1 Å². The van der Waals surface area contributed by atoms with Crippen LogP contribution >= 0.6 is 11.6 Å². The zero-order valence-corrected chi connectivity index (χ0v) is 13.4. The van der Waals surface area contributed by atoms with Gasteiger partial charge in [-0.25, -0.2) is 4.39 Å². The molecule has 0 bridgehead atoms. The van der Waals surface area contributed by atoms with E-state index in [1.54, 1.807) is 31.4 Å². The maximum absolute atomic E-state index is 13.6. The van der Waals surface area contributed by atoms with E-state index in [-0.39, 0.29) is 10.7 Å². The van der Waals surface area contributed by atoms with Gasteiger partial charge in [-0.3, -0.25) is 4.79 Å². The van der Waals surface area contributed by atoms with E-state index in [1.165, 1.54) is 25.3 Å². The molecular formula is C17H15ClFNO3. The van der Waals surface area contributed by atoms with E-state index in [4.69, 9.17) is 21.1 Å². The molecule has 0 atom stereocenters. The van der Waals surface area contributed by atoms with Crippen LogP contribution in [0, 0.1) is 5.82 Å². The second-order valence-corrected chi connectivity index (χ2v) is 5.00. The molecule has 0 aromatic heterocycles. The van der Waals surface area contributed by atoms with Gasteiger partial charge in [-0.2, -0.15) is 0 Å². The Labute approximate surface area is 138 Å². The molecule has 2 aromatic rings. The minimum atomic E-state index is -0.592. The Kier molecular flexibility index (Phi) is 5.60. The summed E-state index contributed by atoms with van der Waals surface area (Å²) >= 11 is 5.66. The molecule has 1 amide bonds. The zero-order chi connectivity index (χ0) is 16.8. The fraction of sp³-hybridized carbons (Fsp3) is 0.118. The molecule has 0 saturated heterocycles. The van der Waals surface area contributed by atoms with Crippen molar-refractivity contribution in [2.24, 2.45) is 0 Å². The number of hydrogen-bond acceptors (Lipinski definition) is 3. The maximum Gasteiger partial charge on any atom is 0.248 e. The van der Waals surface area contributed by atoms with Crippen molar-refractivity contribution in [1.29, 1.82) is 0 Å². The number of carbonyl (C=O) groups excluding carboxylic acids is 1. The first-order valence-electron chi connectivity index (χ1n) is 6.69. The highest BCUT2D eigenvalue weighted by molar-refractivity contribution is 6.30. The number of amides is 1. The molecule has 0 aliphatic rings. The molecule has 0 fully saturated rings. The standard InChI is InChI=1S/C17H15ClFNO3/c1-22-15-7-3-11(9-16(15)23-2)4-8-17(21)20-14-6-5-12(18)10-13(14)19/h3-10H,1-2H3,(H,20,21)/b8-4+. The van der Waals surface area contributed by atoms with Crippen molar-refractivity contribution in [3.05, 3.63) is 58.9 Å². The van der Waals surface area contributed by atoms with Gasteiger partial charge in [0.2, 0.25) is 5.91 Å². The third-order valence-electron chi connectivity index (χ3n) is 3.02. The quantitative estimate of drug-likeness (QED) is 0.835. The Morgan fingerprint density at radius 2 is 1.87 bits per heavy atom. The number of halogens is 2. The lowest BCUT2D eigenvalue weighted by Gasteiger charge is -2.07. The van der Waals surface area contributed by atoms with Crippen LogP contribution < -0.4 is 14.8 Å². The van der Waals surface area contributed by atoms with Gasteiger partial charge in [-0.1, -0.05) is 17.7 Å². The molecule has 0 saturated carbocycles. The van der Waals surface area contributed by atoms with E-state index in [9.17, 15) is 9.18 Å². The van der Waals surface area contributed by atoms with Gasteiger partial charge < -0.3 is 14.8 Å². The largest absolute Gasteiger partial charge is 0.493 e. The normalized spacial score (nSPS) is 10.6. The highest BCUT2D eigenvalue weighted by Crippen LogP contribution is 2.28. The van der Waals surface area contributed by atoms with Crippen molar-refractivity contribution >= 4 is 29.3 Å². The van der Waals surface area contributed by atoms with Crippen LogP contribution in [0.1, 0.15) is 5.56 Å². The summed E-state index contributed by atoms with van der Waals surface area (Å²) in [4.78, 5) is 11.8. The smallest absolute Gasteiger partial charge is 0.248 e. The van der Waals surface area contributed by atoms with Crippen LogP contribution in [0.5, 0.6) is 11.5 Å². The topological polar surface area (TPSA) is 47.6 Å². The number of methoxy groups -OCH3 is 2. The summed E-state index contributed by atoms with van der Waals surface area (Å²) in [5.74, 6) is 0.0996. The monoisotopic (exact) mass is 335 g/mol. The van der Waals surface area contributed by atoms with E-state index in [0.29, 0.717) is 11.5 Å².